The van der Waals surface area contributed by atoms with Crippen molar-refractivity contribution in [3.63, 3.8) is 0 Å². The van der Waals surface area contributed by atoms with Gasteiger partial charge in [0.1, 0.15) is 35.2 Å². The summed E-state index contributed by atoms with van der Waals surface area (Å²) in [7, 11) is 0. The Morgan fingerprint density at radius 3 is 1.71 bits per heavy atom. The third-order valence-electron chi connectivity index (χ3n) is 5.37. The normalized spacial score (nSPS) is 13.3. The molecule has 0 spiro atoms. The number of rotatable bonds is 14. The van der Waals surface area contributed by atoms with Gasteiger partial charge in [0, 0.05) is 6.92 Å². The number of carbonyl (C=O) groups is 4. The Morgan fingerprint density at radius 1 is 0.842 bits per heavy atom. The minimum absolute atomic E-state index is 0.289. The summed E-state index contributed by atoms with van der Waals surface area (Å²) in [5, 5.41) is 23.6. The molecule has 1 heterocycles. The highest BCUT2D eigenvalue weighted by Gasteiger charge is 2.25. The molecule has 0 bridgehead atoms. The van der Waals surface area contributed by atoms with Crippen LogP contribution in [0.2, 0.25) is 0 Å². The molecule has 0 unspecified atom stereocenters. The topological polar surface area (TPSA) is 160 Å². The average Bonchev–Trinajstić information content (AvgIpc) is 3.08. The molecule has 4 N–H and O–H groups in total. The SMILES string of the molecule is Cc1c[n+](CCCC[C@H](NC(=O)OC(C)(C)C)C(=O)O)cn1CCCC[C@H](NC(=O)OC(C)(C)C)C(=O)O. The summed E-state index contributed by atoms with van der Waals surface area (Å²) in [5.41, 5.74) is -0.366. The molecule has 12 heteroatoms. The van der Waals surface area contributed by atoms with E-state index >= 15 is 0 Å². The first kappa shape index (κ1) is 32.7. The van der Waals surface area contributed by atoms with Crippen molar-refractivity contribution in [1.29, 1.82) is 0 Å². The molecular weight excluding hydrogens is 496 g/mol. The van der Waals surface area contributed by atoms with Crippen LogP contribution < -0.4 is 15.2 Å². The zero-order chi connectivity index (χ0) is 29.1. The second-order valence-electron chi connectivity index (χ2n) is 11.4. The minimum atomic E-state index is -1.10. The molecule has 0 saturated heterocycles. The zero-order valence-electron chi connectivity index (χ0n) is 23.7. The summed E-state index contributed by atoms with van der Waals surface area (Å²) < 4.78 is 14.4. The number of unbranched alkanes of at least 4 members (excludes halogenated alkanes) is 2. The molecule has 0 fully saturated rings. The molecule has 2 atom stereocenters. The lowest BCUT2D eigenvalue weighted by Crippen LogP contribution is -2.43. The van der Waals surface area contributed by atoms with Crippen molar-refractivity contribution in [2.75, 3.05) is 0 Å². The van der Waals surface area contributed by atoms with Crippen LogP contribution in [0.5, 0.6) is 0 Å². The van der Waals surface area contributed by atoms with Gasteiger partial charge >= 0.3 is 24.1 Å². The van der Waals surface area contributed by atoms with E-state index in [1.54, 1.807) is 41.5 Å². The van der Waals surface area contributed by atoms with Gasteiger partial charge in [0.15, 0.2) is 0 Å². The van der Waals surface area contributed by atoms with E-state index in [9.17, 15) is 29.4 Å². The Hall–Kier alpha value is -3.31. The molecule has 38 heavy (non-hydrogen) atoms. The van der Waals surface area contributed by atoms with Crippen molar-refractivity contribution in [2.45, 2.75) is 123 Å². The summed E-state index contributed by atoms with van der Waals surface area (Å²) >= 11 is 0. The molecule has 0 saturated carbocycles. The number of hydrogen-bond donors (Lipinski definition) is 4. The van der Waals surface area contributed by atoms with E-state index in [-0.39, 0.29) is 12.8 Å². The Bertz CT molecular complexity index is 946. The van der Waals surface area contributed by atoms with Crippen LogP contribution in [0.25, 0.3) is 0 Å². The van der Waals surface area contributed by atoms with E-state index in [0.717, 1.165) is 18.5 Å². The second kappa shape index (κ2) is 14.6. The van der Waals surface area contributed by atoms with Crippen LogP contribution in [0.1, 0.15) is 85.8 Å². The van der Waals surface area contributed by atoms with Crippen molar-refractivity contribution >= 4 is 24.1 Å². The van der Waals surface area contributed by atoms with Gasteiger partial charge in [-0.1, -0.05) is 0 Å². The maximum absolute atomic E-state index is 11.9. The molecule has 12 nitrogen and oxygen atoms in total. The van der Waals surface area contributed by atoms with Crippen LogP contribution >= 0.6 is 0 Å². The van der Waals surface area contributed by atoms with E-state index in [1.807, 2.05) is 24.0 Å². The molecule has 1 rings (SSSR count). The summed E-state index contributed by atoms with van der Waals surface area (Å²) in [6.45, 7) is 13.6. The highest BCUT2D eigenvalue weighted by molar-refractivity contribution is 5.80. The zero-order valence-corrected chi connectivity index (χ0v) is 23.7. The van der Waals surface area contributed by atoms with Crippen LogP contribution in [0.15, 0.2) is 12.5 Å². The van der Waals surface area contributed by atoms with Crippen LogP contribution in [0, 0.1) is 6.92 Å². The van der Waals surface area contributed by atoms with E-state index in [0.29, 0.717) is 25.9 Å². The standard InChI is InChI=1S/C26H44N4O8/c1-18-16-29(14-10-8-12-19(21(31)32)27-23(35)37-25(2,3)4)17-30(18)15-11-9-13-20(22(33)34)28-24(36)38-26(5,6)7/h16-17,19-20H,8-15H2,1-7H3,(H3-,27,28,31,32,33,34,35,36)/p+1/t19-,20-/m0/s1. The lowest BCUT2D eigenvalue weighted by Gasteiger charge is -2.22. The summed E-state index contributed by atoms with van der Waals surface area (Å²) in [6.07, 6.45) is 5.71. The monoisotopic (exact) mass is 541 g/mol. The first-order chi connectivity index (χ1) is 17.5. The molecule has 0 radical (unpaired) electrons. The molecule has 0 aliphatic heterocycles. The molecule has 0 aliphatic carbocycles. The summed E-state index contributed by atoms with van der Waals surface area (Å²) in [6, 6.07) is -2.03. The van der Waals surface area contributed by atoms with E-state index in [2.05, 4.69) is 15.2 Å². The van der Waals surface area contributed by atoms with Gasteiger partial charge in [0.25, 0.3) is 0 Å². The fraction of sp³-hybridized carbons (Fsp3) is 0.731. The number of amides is 2. The van der Waals surface area contributed by atoms with Gasteiger partial charge in [-0.25, -0.2) is 28.3 Å². The van der Waals surface area contributed by atoms with Crippen LogP contribution in [0.3, 0.4) is 0 Å². The van der Waals surface area contributed by atoms with Gasteiger partial charge in [-0.3, -0.25) is 0 Å². The maximum Gasteiger partial charge on any atom is 0.408 e. The van der Waals surface area contributed by atoms with E-state index in [4.69, 9.17) is 9.47 Å². The number of hydrogen-bond acceptors (Lipinski definition) is 6. The van der Waals surface area contributed by atoms with Crippen molar-refractivity contribution in [2.24, 2.45) is 0 Å². The van der Waals surface area contributed by atoms with E-state index in [1.165, 1.54) is 0 Å². The number of carboxylic acids is 2. The van der Waals surface area contributed by atoms with Gasteiger partial charge in [-0.2, -0.15) is 0 Å². The van der Waals surface area contributed by atoms with Crippen LogP contribution in [-0.2, 0) is 32.2 Å². The van der Waals surface area contributed by atoms with Crippen molar-refractivity contribution in [3.05, 3.63) is 18.2 Å². The molecule has 0 aromatic carbocycles. The molecule has 2 amide bonds. The minimum Gasteiger partial charge on any atom is -0.480 e. The number of carboxylic acid groups (broad SMARTS) is 2. The molecule has 1 aromatic heterocycles. The highest BCUT2D eigenvalue weighted by atomic mass is 16.6. The number of aliphatic carboxylic acids is 2. The smallest absolute Gasteiger partial charge is 0.408 e. The van der Waals surface area contributed by atoms with E-state index < -0.39 is 47.4 Å². The molecule has 216 valence electrons. The van der Waals surface area contributed by atoms with Gasteiger partial charge in [-0.05, 0) is 80.1 Å². The Kier molecular flexibility index (Phi) is 12.6. The number of nitrogens with zero attached hydrogens (tertiary/aromatic N) is 2. The van der Waals surface area contributed by atoms with Crippen LogP contribution in [-0.4, -0.2) is 62.2 Å². The number of ether oxygens (including phenoxy) is 2. The number of nitrogens with one attached hydrogen (secondary N) is 2. The van der Waals surface area contributed by atoms with Crippen molar-refractivity contribution in [3.8, 4) is 0 Å². The first-order valence-electron chi connectivity index (χ1n) is 13.0. The van der Waals surface area contributed by atoms with Gasteiger partial charge in [0.2, 0.25) is 6.33 Å². The van der Waals surface area contributed by atoms with Gasteiger partial charge in [0.05, 0.1) is 13.1 Å². The number of imidazole rings is 1. The fourth-order valence-corrected chi connectivity index (χ4v) is 3.66. The summed E-state index contributed by atoms with van der Waals surface area (Å²) in [4.78, 5) is 46.8. The van der Waals surface area contributed by atoms with Gasteiger partial charge in [-0.15, -0.1) is 0 Å². The molecular formula is C26H45N4O8+. The number of aromatic nitrogens is 2. The third kappa shape index (κ3) is 13.8. The Morgan fingerprint density at radius 2 is 1.29 bits per heavy atom. The predicted octanol–water partition coefficient (Wildman–Crippen LogP) is 3.38. The van der Waals surface area contributed by atoms with Crippen molar-refractivity contribution in [1.82, 2.24) is 15.2 Å². The lowest BCUT2D eigenvalue weighted by atomic mass is 10.1. The van der Waals surface area contributed by atoms with Gasteiger partial charge < -0.3 is 30.3 Å². The summed E-state index contributed by atoms with van der Waals surface area (Å²) in [5.74, 6) is -2.20. The first-order valence-corrected chi connectivity index (χ1v) is 13.0. The lowest BCUT2D eigenvalue weighted by molar-refractivity contribution is -0.697. The largest absolute Gasteiger partial charge is 0.480 e. The van der Waals surface area contributed by atoms with Crippen molar-refractivity contribution < 1.29 is 43.4 Å². The third-order valence-corrected chi connectivity index (χ3v) is 5.37. The second-order valence-corrected chi connectivity index (χ2v) is 11.4. The number of aryl methyl sites for hydroxylation is 3. The number of alkyl carbamates (subject to hydrolysis) is 2. The molecule has 1 aromatic rings. The number of carbonyl (C=O) groups excluding carboxylic acids is 2. The predicted molar refractivity (Wildman–Crippen MR) is 139 cm³/mol. The fourth-order valence-electron chi connectivity index (χ4n) is 3.66. The Balaban J connectivity index is 2.45. The maximum atomic E-state index is 11.9. The van der Waals surface area contributed by atoms with Crippen LogP contribution in [0.4, 0.5) is 9.59 Å². The average molecular weight is 542 g/mol. The molecule has 0 aliphatic rings. The highest BCUT2D eigenvalue weighted by Crippen LogP contribution is 2.11. The Labute approximate surface area is 224 Å². The quantitative estimate of drug-likeness (QED) is 0.206.